The van der Waals surface area contributed by atoms with Crippen LogP contribution in [0.4, 0.5) is 0 Å². The molecule has 4 atom stereocenters. The minimum absolute atomic E-state index is 0.0641. The first kappa shape index (κ1) is 13.2. The first-order valence-electron chi connectivity index (χ1n) is 6.23. The van der Waals surface area contributed by atoms with Crippen LogP contribution in [-0.4, -0.2) is 42.7 Å². The Morgan fingerprint density at radius 3 is 2.82 bits per heavy atom. The first-order chi connectivity index (χ1) is 8.06. The average Bonchev–Trinajstić information content (AvgIpc) is 2.88. The van der Waals surface area contributed by atoms with Crippen LogP contribution in [0.25, 0.3) is 0 Å². The van der Waals surface area contributed by atoms with E-state index in [1.165, 1.54) is 6.42 Å². The van der Waals surface area contributed by atoms with Gasteiger partial charge in [-0.3, -0.25) is 4.79 Å². The van der Waals surface area contributed by atoms with Gasteiger partial charge in [0, 0.05) is 17.3 Å². The Balaban J connectivity index is 1.89. The number of hydrogen-bond acceptors (Lipinski definition) is 4. The molecular weight excluding hydrogens is 236 g/mol. The first-order valence-corrected chi connectivity index (χ1v) is 7.52. The molecule has 1 heterocycles. The number of carbonyl (C=O) groups excluding carboxylic acids is 1. The summed E-state index contributed by atoms with van der Waals surface area (Å²) in [6.45, 7) is 2.84. The zero-order valence-corrected chi connectivity index (χ0v) is 11.4. The molecule has 1 aliphatic carbocycles. The lowest BCUT2D eigenvalue weighted by Crippen LogP contribution is -2.52. The van der Waals surface area contributed by atoms with Gasteiger partial charge in [0.2, 0.25) is 5.91 Å². The number of hydrogen-bond donors (Lipinski definition) is 2. The van der Waals surface area contributed by atoms with E-state index >= 15 is 0 Å². The van der Waals surface area contributed by atoms with E-state index in [4.69, 9.17) is 10.5 Å². The monoisotopic (exact) mass is 258 g/mol. The van der Waals surface area contributed by atoms with E-state index in [9.17, 15) is 4.79 Å². The summed E-state index contributed by atoms with van der Waals surface area (Å²) in [6, 6.07) is 0.143. The van der Waals surface area contributed by atoms with Gasteiger partial charge in [-0.1, -0.05) is 0 Å². The second-order valence-electron chi connectivity index (χ2n) is 5.38. The SMILES string of the molecule is CSC1CCC(NC(=O)C2(C)COCC2N)C1. The van der Waals surface area contributed by atoms with Crippen LogP contribution in [0.5, 0.6) is 0 Å². The molecule has 0 aromatic rings. The van der Waals surface area contributed by atoms with Crippen molar-refractivity contribution >= 4 is 17.7 Å². The Bertz CT molecular complexity index is 300. The molecule has 5 heteroatoms. The molecule has 3 N–H and O–H groups in total. The standard InChI is InChI=1S/C12H22N2O2S/c1-12(7-16-6-10(12)13)11(15)14-8-3-4-9(5-8)17-2/h8-10H,3-7,13H2,1-2H3,(H,14,15). The molecule has 98 valence electrons. The van der Waals surface area contributed by atoms with Crippen molar-refractivity contribution in [1.82, 2.24) is 5.32 Å². The van der Waals surface area contributed by atoms with Crippen LogP contribution in [-0.2, 0) is 9.53 Å². The third kappa shape index (κ3) is 2.61. The third-order valence-corrected chi connectivity index (χ3v) is 5.18. The van der Waals surface area contributed by atoms with Crippen LogP contribution in [0.3, 0.4) is 0 Å². The Morgan fingerprint density at radius 2 is 2.29 bits per heavy atom. The zero-order valence-electron chi connectivity index (χ0n) is 10.6. The van der Waals surface area contributed by atoms with Crippen molar-refractivity contribution in [3.05, 3.63) is 0 Å². The van der Waals surface area contributed by atoms with Crippen molar-refractivity contribution in [3.63, 3.8) is 0 Å². The third-order valence-electron chi connectivity index (χ3n) is 4.09. The fourth-order valence-corrected chi connectivity index (χ4v) is 3.35. The minimum Gasteiger partial charge on any atom is -0.379 e. The summed E-state index contributed by atoms with van der Waals surface area (Å²) >= 11 is 1.89. The molecule has 1 amide bonds. The summed E-state index contributed by atoms with van der Waals surface area (Å²) in [5, 5.41) is 3.84. The van der Waals surface area contributed by atoms with Crippen molar-refractivity contribution < 1.29 is 9.53 Å². The largest absolute Gasteiger partial charge is 0.379 e. The topological polar surface area (TPSA) is 64.3 Å². The van der Waals surface area contributed by atoms with Gasteiger partial charge in [0.25, 0.3) is 0 Å². The van der Waals surface area contributed by atoms with E-state index in [1.54, 1.807) is 0 Å². The van der Waals surface area contributed by atoms with E-state index in [2.05, 4.69) is 11.6 Å². The van der Waals surface area contributed by atoms with Crippen LogP contribution in [0.1, 0.15) is 26.2 Å². The van der Waals surface area contributed by atoms with Crippen molar-refractivity contribution in [2.75, 3.05) is 19.5 Å². The van der Waals surface area contributed by atoms with E-state index in [0.717, 1.165) is 12.8 Å². The fourth-order valence-electron chi connectivity index (χ4n) is 2.56. The van der Waals surface area contributed by atoms with Crippen molar-refractivity contribution in [3.8, 4) is 0 Å². The lowest BCUT2D eigenvalue weighted by Gasteiger charge is -2.27. The molecule has 2 aliphatic rings. The predicted molar refractivity (Wildman–Crippen MR) is 70.0 cm³/mol. The molecule has 0 spiro atoms. The lowest BCUT2D eigenvalue weighted by atomic mass is 9.84. The summed E-state index contributed by atoms with van der Waals surface area (Å²) < 4.78 is 5.31. The normalized spacial score (nSPS) is 41.7. The number of thioether (sulfide) groups is 1. The molecule has 0 radical (unpaired) electrons. The van der Waals surface area contributed by atoms with E-state index in [-0.39, 0.29) is 11.9 Å². The highest BCUT2D eigenvalue weighted by Gasteiger charge is 2.45. The van der Waals surface area contributed by atoms with Gasteiger partial charge in [-0.2, -0.15) is 11.8 Å². The van der Waals surface area contributed by atoms with E-state index in [0.29, 0.717) is 24.5 Å². The lowest BCUT2D eigenvalue weighted by molar-refractivity contribution is -0.131. The zero-order chi connectivity index (χ0) is 12.5. The molecule has 2 fully saturated rings. The summed E-state index contributed by atoms with van der Waals surface area (Å²) in [5.41, 5.74) is 5.41. The van der Waals surface area contributed by atoms with Crippen LogP contribution in [0.2, 0.25) is 0 Å². The van der Waals surface area contributed by atoms with E-state index < -0.39 is 5.41 Å². The molecule has 17 heavy (non-hydrogen) atoms. The van der Waals surface area contributed by atoms with Crippen molar-refractivity contribution in [2.45, 2.75) is 43.5 Å². The highest BCUT2D eigenvalue weighted by Crippen LogP contribution is 2.31. The molecule has 1 aliphatic heterocycles. The van der Waals surface area contributed by atoms with Gasteiger partial charge in [0.15, 0.2) is 0 Å². The fraction of sp³-hybridized carbons (Fsp3) is 0.917. The van der Waals surface area contributed by atoms with Crippen LogP contribution in [0, 0.1) is 5.41 Å². The van der Waals surface area contributed by atoms with Gasteiger partial charge >= 0.3 is 0 Å². The number of rotatable bonds is 3. The van der Waals surface area contributed by atoms with Gasteiger partial charge in [-0.15, -0.1) is 0 Å². The summed E-state index contributed by atoms with van der Waals surface area (Å²) in [5.74, 6) is 0.0641. The molecule has 2 rings (SSSR count). The second kappa shape index (κ2) is 5.16. The molecule has 0 bridgehead atoms. The average molecular weight is 258 g/mol. The molecule has 1 saturated carbocycles. The number of nitrogens with two attached hydrogens (primary N) is 1. The van der Waals surface area contributed by atoms with Gasteiger partial charge in [0.1, 0.15) is 0 Å². The Morgan fingerprint density at radius 1 is 1.53 bits per heavy atom. The quantitative estimate of drug-likeness (QED) is 0.784. The molecule has 0 aromatic carbocycles. The van der Waals surface area contributed by atoms with Crippen molar-refractivity contribution in [2.24, 2.45) is 11.1 Å². The molecular formula is C12H22N2O2S. The van der Waals surface area contributed by atoms with Crippen LogP contribution in [0.15, 0.2) is 0 Å². The van der Waals surface area contributed by atoms with Gasteiger partial charge in [0.05, 0.1) is 18.6 Å². The maximum atomic E-state index is 12.3. The molecule has 1 saturated heterocycles. The maximum absolute atomic E-state index is 12.3. The molecule has 0 aromatic heterocycles. The number of nitrogens with one attached hydrogen (secondary N) is 1. The maximum Gasteiger partial charge on any atom is 0.230 e. The Kier molecular flexibility index (Phi) is 4.00. The number of amides is 1. The second-order valence-corrected chi connectivity index (χ2v) is 6.52. The van der Waals surface area contributed by atoms with E-state index in [1.807, 2.05) is 18.7 Å². The predicted octanol–water partition coefficient (Wildman–Crippen LogP) is 0.751. The summed E-state index contributed by atoms with van der Waals surface area (Å²) in [4.78, 5) is 12.3. The Labute approximate surface area is 107 Å². The smallest absolute Gasteiger partial charge is 0.230 e. The van der Waals surface area contributed by atoms with Crippen molar-refractivity contribution in [1.29, 1.82) is 0 Å². The molecule has 4 unspecified atom stereocenters. The summed E-state index contributed by atoms with van der Waals surface area (Å²) in [6.07, 6.45) is 5.50. The Hall–Kier alpha value is -0.260. The highest BCUT2D eigenvalue weighted by atomic mass is 32.2. The number of carbonyl (C=O) groups is 1. The molecule has 4 nitrogen and oxygen atoms in total. The minimum atomic E-state index is -0.544. The van der Waals surface area contributed by atoms with Crippen LogP contribution < -0.4 is 11.1 Å². The van der Waals surface area contributed by atoms with Gasteiger partial charge in [-0.25, -0.2) is 0 Å². The van der Waals surface area contributed by atoms with Gasteiger partial charge in [-0.05, 0) is 32.4 Å². The summed E-state index contributed by atoms with van der Waals surface area (Å²) in [7, 11) is 0. The highest BCUT2D eigenvalue weighted by molar-refractivity contribution is 7.99. The van der Waals surface area contributed by atoms with Crippen LogP contribution >= 0.6 is 11.8 Å². The van der Waals surface area contributed by atoms with Gasteiger partial charge < -0.3 is 15.8 Å². The number of ether oxygens (including phenoxy) is 1.